The number of pyridine rings is 1. The minimum Gasteiger partial charge on any atom is -0.496 e. The Labute approximate surface area is 178 Å². The van der Waals surface area contributed by atoms with Crippen LogP contribution >= 0.6 is 0 Å². The molecule has 0 amide bonds. The first-order valence-electron chi connectivity index (χ1n) is 10.0. The number of fused-ring (bicyclic) bond motifs is 1. The summed E-state index contributed by atoms with van der Waals surface area (Å²) in [4.78, 5) is 28.5. The third kappa shape index (κ3) is 3.43. The molecule has 0 aliphatic heterocycles. The quantitative estimate of drug-likeness (QED) is 0.477. The van der Waals surface area contributed by atoms with Gasteiger partial charge in [0.15, 0.2) is 5.78 Å². The number of aryl methyl sites for hydroxylation is 3. The summed E-state index contributed by atoms with van der Waals surface area (Å²) in [6.45, 7) is 7.40. The molecule has 31 heavy (non-hydrogen) atoms. The third-order valence-corrected chi connectivity index (χ3v) is 5.55. The Morgan fingerprint density at radius 1 is 1.26 bits per heavy atom. The molecule has 4 aromatic rings. The van der Waals surface area contributed by atoms with E-state index in [9.17, 15) is 9.59 Å². The number of Topliss-reactive ketones (excluding diaryl/α,β-unsaturated/α-hetero) is 1. The second kappa shape index (κ2) is 7.86. The molecule has 4 heterocycles. The zero-order chi connectivity index (χ0) is 22.3. The molecule has 0 aliphatic carbocycles. The monoisotopic (exact) mass is 420 g/mol. The highest BCUT2D eigenvalue weighted by Crippen LogP contribution is 2.35. The van der Waals surface area contributed by atoms with Crippen molar-refractivity contribution in [2.75, 3.05) is 7.11 Å². The normalized spacial score (nSPS) is 11.3. The van der Waals surface area contributed by atoms with Crippen molar-refractivity contribution in [2.24, 2.45) is 0 Å². The maximum atomic E-state index is 13.4. The highest BCUT2D eigenvalue weighted by molar-refractivity contribution is 6.06. The zero-order valence-electron chi connectivity index (χ0n) is 18.2. The summed E-state index contributed by atoms with van der Waals surface area (Å²) in [7, 11) is 1.52. The maximum Gasteiger partial charge on any atom is 0.255 e. The van der Waals surface area contributed by atoms with Crippen molar-refractivity contribution < 1.29 is 14.1 Å². The summed E-state index contributed by atoms with van der Waals surface area (Å²) >= 11 is 0. The third-order valence-electron chi connectivity index (χ3n) is 5.55. The van der Waals surface area contributed by atoms with Crippen LogP contribution in [0.15, 0.2) is 33.7 Å². The highest BCUT2D eigenvalue weighted by Gasteiger charge is 2.26. The number of rotatable bonds is 6. The fourth-order valence-corrected chi connectivity index (χ4v) is 4.14. The Balaban J connectivity index is 1.77. The van der Waals surface area contributed by atoms with Gasteiger partial charge in [-0.15, -0.1) is 0 Å². The van der Waals surface area contributed by atoms with Crippen molar-refractivity contribution in [3.63, 3.8) is 0 Å². The first kappa shape index (κ1) is 20.6. The molecule has 0 fully saturated rings. The molecule has 1 N–H and O–H groups in total. The standard InChI is InChI=1S/C23H24N4O4/c1-12-11-19(30-5)16(23(29)25-12)8-9-18(28)20-13(2)22(21-14(3)26-31-15(21)4)27-17(20)7-6-10-24-27/h6-7,10-11H,8-9H2,1-5H3,(H,25,29). The van der Waals surface area contributed by atoms with E-state index in [1.165, 1.54) is 7.11 Å². The maximum absolute atomic E-state index is 13.4. The Bertz CT molecular complexity index is 1340. The van der Waals surface area contributed by atoms with Crippen LogP contribution in [0.5, 0.6) is 5.75 Å². The van der Waals surface area contributed by atoms with E-state index in [0.717, 1.165) is 22.5 Å². The van der Waals surface area contributed by atoms with Crippen LogP contribution in [-0.4, -0.2) is 32.6 Å². The van der Waals surface area contributed by atoms with Crippen molar-refractivity contribution >= 4 is 11.3 Å². The lowest BCUT2D eigenvalue weighted by Crippen LogP contribution is -2.16. The van der Waals surface area contributed by atoms with Crippen molar-refractivity contribution in [3.05, 3.63) is 68.6 Å². The molecule has 8 heteroatoms. The number of nitrogens with zero attached hydrogens (tertiary/aromatic N) is 3. The van der Waals surface area contributed by atoms with Crippen LogP contribution < -0.4 is 10.3 Å². The summed E-state index contributed by atoms with van der Waals surface area (Å²) in [6, 6.07) is 5.43. The fraction of sp³-hybridized carbons (Fsp3) is 0.304. The number of carbonyl (C=O) groups is 1. The van der Waals surface area contributed by atoms with Crippen LogP contribution in [-0.2, 0) is 6.42 Å². The van der Waals surface area contributed by atoms with Crippen LogP contribution in [0.1, 0.15) is 45.1 Å². The number of aromatic amines is 1. The second-order valence-corrected chi connectivity index (χ2v) is 7.62. The lowest BCUT2D eigenvalue weighted by Gasteiger charge is -2.08. The van der Waals surface area contributed by atoms with Gasteiger partial charge in [-0.1, -0.05) is 5.16 Å². The number of ketones is 1. The number of H-pyrrole nitrogens is 1. The van der Waals surface area contributed by atoms with Gasteiger partial charge in [0.25, 0.3) is 5.56 Å². The minimum absolute atomic E-state index is 0.0666. The number of methoxy groups -OCH3 is 1. The van der Waals surface area contributed by atoms with E-state index in [1.54, 1.807) is 29.8 Å². The molecule has 0 atom stereocenters. The molecular formula is C23H24N4O4. The average molecular weight is 420 g/mol. The van der Waals surface area contributed by atoms with Crippen LogP contribution in [0.2, 0.25) is 0 Å². The molecule has 160 valence electrons. The zero-order valence-corrected chi connectivity index (χ0v) is 18.2. The largest absolute Gasteiger partial charge is 0.496 e. The molecule has 0 unspecified atom stereocenters. The van der Waals surface area contributed by atoms with Crippen molar-refractivity contribution in [3.8, 4) is 17.0 Å². The molecule has 0 spiro atoms. The topological polar surface area (TPSA) is 102 Å². The van der Waals surface area contributed by atoms with Gasteiger partial charge in [0.05, 0.1) is 35.1 Å². The van der Waals surface area contributed by atoms with Gasteiger partial charge in [0.2, 0.25) is 0 Å². The summed E-state index contributed by atoms with van der Waals surface area (Å²) in [5.41, 5.74) is 5.41. The van der Waals surface area contributed by atoms with E-state index in [0.29, 0.717) is 33.8 Å². The van der Waals surface area contributed by atoms with Crippen LogP contribution in [0, 0.1) is 27.7 Å². The molecule has 0 bridgehead atoms. The number of ether oxygens (including phenoxy) is 1. The lowest BCUT2D eigenvalue weighted by molar-refractivity contribution is 0.0983. The van der Waals surface area contributed by atoms with Gasteiger partial charge in [0, 0.05) is 23.9 Å². The molecule has 0 saturated carbocycles. The van der Waals surface area contributed by atoms with E-state index in [1.807, 2.05) is 26.8 Å². The van der Waals surface area contributed by atoms with Crippen LogP contribution in [0.25, 0.3) is 16.8 Å². The van der Waals surface area contributed by atoms with Gasteiger partial charge in [0.1, 0.15) is 11.5 Å². The lowest BCUT2D eigenvalue weighted by atomic mass is 9.98. The van der Waals surface area contributed by atoms with Gasteiger partial charge in [-0.05, 0) is 57.9 Å². The summed E-state index contributed by atoms with van der Waals surface area (Å²) in [5.74, 6) is 1.09. The molecule has 8 nitrogen and oxygen atoms in total. The van der Waals surface area contributed by atoms with Crippen LogP contribution in [0.3, 0.4) is 0 Å². The van der Waals surface area contributed by atoms with E-state index in [2.05, 4.69) is 15.2 Å². The van der Waals surface area contributed by atoms with Crippen molar-refractivity contribution in [2.45, 2.75) is 40.5 Å². The smallest absolute Gasteiger partial charge is 0.255 e. The van der Waals surface area contributed by atoms with Gasteiger partial charge in [-0.25, -0.2) is 4.52 Å². The molecular weight excluding hydrogens is 396 g/mol. The van der Waals surface area contributed by atoms with Crippen molar-refractivity contribution in [1.29, 1.82) is 0 Å². The highest BCUT2D eigenvalue weighted by atomic mass is 16.5. The van der Waals surface area contributed by atoms with Gasteiger partial charge in [-0.3, -0.25) is 9.59 Å². The van der Waals surface area contributed by atoms with Crippen LogP contribution in [0.4, 0.5) is 0 Å². The second-order valence-electron chi connectivity index (χ2n) is 7.62. The summed E-state index contributed by atoms with van der Waals surface area (Å²) < 4.78 is 12.5. The molecule has 4 rings (SSSR count). The van der Waals surface area contributed by atoms with E-state index >= 15 is 0 Å². The Hall–Kier alpha value is -3.68. The Morgan fingerprint density at radius 2 is 2.03 bits per heavy atom. The van der Waals surface area contributed by atoms with Gasteiger partial charge >= 0.3 is 0 Å². The molecule has 0 aliphatic rings. The number of nitrogens with one attached hydrogen (secondary N) is 1. The molecule has 0 radical (unpaired) electrons. The Kier molecular flexibility index (Phi) is 5.22. The Morgan fingerprint density at radius 3 is 2.71 bits per heavy atom. The molecule has 0 saturated heterocycles. The van der Waals surface area contributed by atoms with E-state index in [4.69, 9.17) is 9.26 Å². The molecule has 0 aromatic carbocycles. The average Bonchev–Trinajstić information content (AvgIpc) is 3.21. The number of hydrogen-bond donors (Lipinski definition) is 1. The minimum atomic E-state index is -0.235. The van der Waals surface area contributed by atoms with Gasteiger partial charge in [-0.2, -0.15) is 5.10 Å². The first-order chi connectivity index (χ1) is 14.8. The fourth-order valence-electron chi connectivity index (χ4n) is 4.14. The van der Waals surface area contributed by atoms with E-state index in [-0.39, 0.29) is 24.2 Å². The predicted octanol–water partition coefficient (Wildman–Crippen LogP) is 3.74. The predicted molar refractivity (Wildman–Crippen MR) is 116 cm³/mol. The summed E-state index contributed by atoms with van der Waals surface area (Å²) in [5, 5.41) is 8.53. The van der Waals surface area contributed by atoms with E-state index < -0.39 is 0 Å². The SMILES string of the molecule is COc1cc(C)[nH]c(=O)c1CCC(=O)c1c(C)c(-c2c(C)noc2C)n2ncccc12. The molecule has 4 aromatic heterocycles. The van der Waals surface area contributed by atoms with Crippen molar-refractivity contribution in [1.82, 2.24) is 19.8 Å². The number of aromatic nitrogens is 4. The summed E-state index contributed by atoms with van der Waals surface area (Å²) in [6.07, 6.45) is 2.12. The van der Waals surface area contributed by atoms with Gasteiger partial charge < -0.3 is 14.2 Å². The first-order valence-corrected chi connectivity index (χ1v) is 10.0. The number of carbonyl (C=O) groups excluding carboxylic acids is 1. The number of hydrogen-bond acceptors (Lipinski definition) is 6.